The Morgan fingerprint density at radius 3 is 2.52 bits per heavy atom. The van der Waals surface area contributed by atoms with Crippen molar-refractivity contribution < 1.29 is 14.6 Å². The molecule has 2 rings (SSSR count). The van der Waals surface area contributed by atoms with Crippen LogP contribution in [0.1, 0.15) is 25.5 Å². The average molecular weight is 322 g/mol. The number of ether oxygens (including phenoxy) is 2. The van der Waals surface area contributed by atoms with Gasteiger partial charge in [0.05, 0.1) is 19.8 Å². The van der Waals surface area contributed by atoms with E-state index in [2.05, 4.69) is 28.9 Å². The number of para-hydroxylation sites is 1. The van der Waals surface area contributed by atoms with E-state index in [1.807, 2.05) is 19.1 Å². The number of hydrogen-bond donors (Lipinski definition) is 1. The molecule has 1 aliphatic heterocycles. The topological polar surface area (TPSA) is 45.2 Å². The van der Waals surface area contributed by atoms with Crippen molar-refractivity contribution in [3.8, 4) is 5.75 Å². The second kappa shape index (κ2) is 9.23. The van der Waals surface area contributed by atoms with Gasteiger partial charge in [-0.2, -0.15) is 0 Å². The highest BCUT2D eigenvalue weighted by Crippen LogP contribution is 2.29. The second-order valence-corrected chi connectivity index (χ2v) is 6.07. The van der Waals surface area contributed by atoms with Crippen LogP contribution in [0.15, 0.2) is 24.3 Å². The smallest absolute Gasteiger partial charge is 0.123 e. The normalized spacial score (nSPS) is 19.5. The molecule has 1 fully saturated rings. The van der Waals surface area contributed by atoms with Gasteiger partial charge in [-0.1, -0.05) is 18.2 Å². The maximum Gasteiger partial charge on any atom is 0.123 e. The van der Waals surface area contributed by atoms with Gasteiger partial charge in [-0.05, 0) is 19.9 Å². The molecule has 0 aromatic heterocycles. The molecule has 1 aromatic carbocycles. The molecule has 0 amide bonds. The lowest BCUT2D eigenvalue weighted by Gasteiger charge is -2.39. The van der Waals surface area contributed by atoms with Gasteiger partial charge in [-0.3, -0.25) is 9.80 Å². The number of β-amino-alcohol motifs (C(OH)–C–C–N with tert-alkyl or cyclic N) is 1. The Balaban J connectivity index is 1.84. The monoisotopic (exact) mass is 322 g/mol. The summed E-state index contributed by atoms with van der Waals surface area (Å²) in [5.41, 5.74) is 1.24. The van der Waals surface area contributed by atoms with E-state index in [9.17, 15) is 5.11 Å². The minimum atomic E-state index is -0.395. The van der Waals surface area contributed by atoms with Crippen LogP contribution in [0.4, 0.5) is 0 Å². The molecule has 5 heteroatoms. The Morgan fingerprint density at radius 1 is 1.17 bits per heavy atom. The molecule has 0 aliphatic carbocycles. The molecule has 1 N–H and O–H groups in total. The summed E-state index contributed by atoms with van der Waals surface area (Å²) in [5.74, 6) is 0.953. The van der Waals surface area contributed by atoms with Crippen LogP contribution in [0.5, 0.6) is 5.75 Å². The molecule has 1 heterocycles. The van der Waals surface area contributed by atoms with Gasteiger partial charge in [-0.15, -0.1) is 0 Å². The van der Waals surface area contributed by atoms with Crippen molar-refractivity contribution in [2.24, 2.45) is 0 Å². The number of benzene rings is 1. The zero-order chi connectivity index (χ0) is 16.7. The predicted molar refractivity (Wildman–Crippen MR) is 91.9 cm³/mol. The van der Waals surface area contributed by atoms with Gasteiger partial charge in [0, 0.05) is 50.9 Å². The molecule has 0 spiro atoms. The van der Waals surface area contributed by atoms with Crippen molar-refractivity contribution in [2.45, 2.75) is 26.0 Å². The molecule has 1 aromatic rings. The van der Waals surface area contributed by atoms with Gasteiger partial charge in [0.2, 0.25) is 0 Å². The van der Waals surface area contributed by atoms with Gasteiger partial charge in [0.1, 0.15) is 5.75 Å². The van der Waals surface area contributed by atoms with Crippen LogP contribution in [0.2, 0.25) is 0 Å². The highest BCUT2D eigenvalue weighted by molar-refractivity contribution is 5.35. The SMILES string of the molecule is CCOC[C@@H](O)CN1CCN([C@@H](C)c2ccccc2OC)CC1. The third kappa shape index (κ3) is 5.18. The van der Waals surface area contributed by atoms with E-state index in [0.29, 0.717) is 25.8 Å². The summed E-state index contributed by atoms with van der Waals surface area (Å²) in [6.45, 7) is 9.90. The maximum absolute atomic E-state index is 9.96. The molecule has 0 unspecified atom stereocenters. The zero-order valence-electron chi connectivity index (χ0n) is 14.6. The minimum absolute atomic E-state index is 0.335. The lowest BCUT2D eigenvalue weighted by Crippen LogP contribution is -2.49. The van der Waals surface area contributed by atoms with Gasteiger partial charge in [-0.25, -0.2) is 0 Å². The molecule has 5 nitrogen and oxygen atoms in total. The first-order chi connectivity index (χ1) is 11.2. The Kier molecular flexibility index (Phi) is 7.30. The van der Waals surface area contributed by atoms with E-state index in [-0.39, 0.29) is 0 Å². The summed E-state index contributed by atoms with van der Waals surface area (Å²) in [5, 5.41) is 9.96. The molecule has 1 saturated heterocycles. The van der Waals surface area contributed by atoms with Crippen LogP contribution >= 0.6 is 0 Å². The second-order valence-electron chi connectivity index (χ2n) is 6.07. The number of methoxy groups -OCH3 is 1. The van der Waals surface area contributed by atoms with E-state index >= 15 is 0 Å². The fraction of sp³-hybridized carbons (Fsp3) is 0.667. The molecule has 130 valence electrons. The summed E-state index contributed by atoms with van der Waals surface area (Å²) in [6, 6.07) is 8.57. The van der Waals surface area contributed by atoms with Gasteiger partial charge in [0.25, 0.3) is 0 Å². The maximum atomic E-state index is 9.96. The van der Waals surface area contributed by atoms with Crippen LogP contribution in [0.25, 0.3) is 0 Å². The number of aliphatic hydroxyl groups is 1. The van der Waals surface area contributed by atoms with E-state index in [0.717, 1.165) is 31.9 Å². The van der Waals surface area contributed by atoms with E-state index in [4.69, 9.17) is 9.47 Å². The molecular formula is C18H30N2O3. The van der Waals surface area contributed by atoms with Crippen LogP contribution in [-0.4, -0.2) is 74.1 Å². The number of hydrogen-bond acceptors (Lipinski definition) is 5. The van der Waals surface area contributed by atoms with Gasteiger partial charge >= 0.3 is 0 Å². The Labute approximate surface area is 139 Å². The van der Waals surface area contributed by atoms with Gasteiger partial charge < -0.3 is 14.6 Å². The van der Waals surface area contributed by atoms with Crippen LogP contribution in [0, 0.1) is 0 Å². The van der Waals surface area contributed by atoms with Crippen molar-refractivity contribution in [2.75, 3.05) is 53.0 Å². The number of aliphatic hydroxyl groups excluding tert-OH is 1. The highest BCUT2D eigenvalue weighted by atomic mass is 16.5. The summed E-state index contributed by atoms with van der Waals surface area (Å²) in [7, 11) is 1.73. The Morgan fingerprint density at radius 2 is 1.87 bits per heavy atom. The van der Waals surface area contributed by atoms with Crippen molar-refractivity contribution in [3.05, 3.63) is 29.8 Å². The molecule has 0 saturated carbocycles. The average Bonchev–Trinajstić information content (AvgIpc) is 2.60. The standard InChI is InChI=1S/C18H30N2O3/c1-4-23-14-16(21)13-19-9-11-20(12-10-19)15(2)17-7-5-6-8-18(17)22-3/h5-8,15-16,21H,4,9-14H2,1-3H3/t15-,16-/m0/s1. The van der Waals surface area contributed by atoms with Crippen LogP contribution < -0.4 is 4.74 Å². The van der Waals surface area contributed by atoms with Crippen LogP contribution in [0.3, 0.4) is 0 Å². The highest BCUT2D eigenvalue weighted by Gasteiger charge is 2.24. The van der Waals surface area contributed by atoms with Crippen molar-refractivity contribution >= 4 is 0 Å². The Hall–Kier alpha value is -1.14. The summed E-state index contributed by atoms with van der Waals surface area (Å²) in [4.78, 5) is 4.79. The summed E-state index contributed by atoms with van der Waals surface area (Å²) >= 11 is 0. The molecular weight excluding hydrogens is 292 g/mol. The molecule has 2 atom stereocenters. The van der Waals surface area contributed by atoms with E-state index in [1.54, 1.807) is 7.11 Å². The third-order valence-electron chi connectivity index (χ3n) is 4.53. The summed E-state index contributed by atoms with van der Waals surface area (Å²) in [6.07, 6.45) is -0.395. The van der Waals surface area contributed by atoms with E-state index in [1.165, 1.54) is 5.56 Å². The minimum Gasteiger partial charge on any atom is -0.496 e. The lowest BCUT2D eigenvalue weighted by molar-refractivity contribution is 0.00715. The zero-order valence-corrected chi connectivity index (χ0v) is 14.6. The fourth-order valence-corrected chi connectivity index (χ4v) is 3.15. The quantitative estimate of drug-likeness (QED) is 0.790. The third-order valence-corrected chi connectivity index (χ3v) is 4.53. The van der Waals surface area contributed by atoms with Crippen LogP contribution in [-0.2, 0) is 4.74 Å². The largest absolute Gasteiger partial charge is 0.496 e. The number of nitrogens with zero attached hydrogens (tertiary/aromatic N) is 2. The molecule has 0 radical (unpaired) electrons. The first-order valence-electron chi connectivity index (χ1n) is 8.50. The fourth-order valence-electron chi connectivity index (χ4n) is 3.15. The molecule has 23 heavy (non-hydrogen) atoms. The first-order valence-corrected chi connectivity index (χ1v) is 8.50. The molecule has 0 bridgehead atoms. The van der Waals surface area contributed by atoms with Crippen molar-refractivity contribution in [1.29, 1.82) is 0 Å². The van der Waals surface area contributed by atoms with E-state index < -0.39 is 6.10 Å². The van der Waals surface area contributed by atoms with Crippen molar-refractivity contribution in [3.63, 3.8) is 0 Å². The lowest BCUT2D eigenvalue weighted by atomic mass is 10.0. The predicted octanol–water partition coefficient (Wildman–Crippen LogP) is 1.77. The summed E-state index contributed by atoms with van der Waals surface area (Å²) < 4.78 is 10.8. The molecule has 1 aliphatic rings. The first kappa shape index (κ1) is 18.2. The van der Waals surface area contributed by atoms with Gasteiger partial charge in [0.15, 0.2) is 0 Å². The number of piperazine rings is 1. The Bertz CT molecular complexity index is 461. The number of rotatable bonds is 8. The van der Waals surface area contributed by atoms with Crippen molar-refractivity contribution in [1.82, 2.24) is 9.80 Å².